The molecule has 0 radical (unpaired) electrons. The van der Waals surface area contributed by atoms with Crippen LogP contribution in [0.2, 0.25) is 0 Å². The zero-order chi connectivity index (χ0) is 15.2. The summed E-state index contributed by atoms with van der Waals surface area (Å²) in [5, 5.41) is 2.76. The zero-order valence-electron chi connectivity index (χ0n) is 11.5. The van der Waals surface area contributed by atoms with Gasteiger partial charge in [-0.25, -0.2) is 4.39 Å². The molecule has 1 amide bonds. The lowest BCUT2D eigenvalue weighted by molar-refractivity contribution is 0.0827. The van der Waals surface area contributed by atoms with Crippen molar-refractivity contribution in [3.8, 4) is 0 Å². The van der Waals surface area contributed by atoms with Crippen molar-refractivity contribution in [2.45, 2.75) is 6.10 Å². The highest BCUT2D eigenvalue weighted by Crippen LogP contribution is 2.19. The largest absolute Gasteiger partial charge is 0.375 e. The van der Waals surface area contributed by atoms with Crippen LogP contribution >= 0.6 is 15.9 Å². The molecule has 21 heavy (non-hydrogen) atoms. The molecule has 1 unspecified atom stereocenters. The van der Waals surface area contributed by atoms with Gasteiger partial charge >= 0.3 is 0 Å². The maximum atomic E-state index is 13.2. The molecule has 0 heterocycles. The third kappa shape index (κ3) is 4.12. The van der Waals surface area contributed by atoms with Gasteiger partial charge in [-0.3, -0.25) is 4.79 Å². The molecule has 0 saturated heterocycles. The first-order valence-electron chi connectivity index (χ1n) is 6.43. The fraction of sp³-hybridized carbons (Fsp3) is 0.188. The van der Waals surface area contributed by atoms with Crippen molar-refractivity contribution in [3.63, 3.8) is 0 Å². The second-order valence-electron chi connectivity index (χ2n) is 4.47. The Labute approximate surface area is 131 Å². The van der Waals surface area contributed by atoms with Gasteiger partial charge in [0.25, 0.3) is 5.91 Å². The summed E-state index contributed by atoms with van der Waals surface area (Å²) in [4.78, 5) is 12.1. The molecule has 0 aromatic heterocycles. The first-order chi connectivity index (χ1) is 10.1. The van der Waals surface area contributed by atoms with Crippen LogP contribution in [-0.4, -0.2) is 19.6 Å². The average Bonchev–Trinajstić information content (AvgIpc) is 2.51. The molecular weight excluding hydrogens is 337 g/mol. The molecule has 3 nitrogen and oxygen atoms in total. The molecule has 1 atom stereocenters. The number of methoxy groups -OCH3 is 1. The highest BCUT2D eigenvalue weighted by Gasteiger charge is 2.15. The van der Waals surface area contributed by atoms with Crippen LogP contribution in [0.25, 0.3) is 0 Å². The fourth-order valence-electron chi connectivity index (χ4n) is 1.96. The van der Waals surface area contributed by atoms with E-state index in [2.05, 4.69) is 21.2 Å². The third-order valence-electron chi connectivity index (χ3n) is 3.08. The van der Waals surface area contributed by atoms with Gasteiger partial charge in [0.2, 0.25) is 0 Å². The van der Waals surface area contributed by atoms with Gasteiger partial charge < -0.3 is 10.1 Å². The van der Waals surface area contributed by atoms with Crippen LogP contribution in [0.5, 0.6) is 0 Å². The zero-order valence-corrected chi connectivity index (χ0v) is 13.1. The van der Waals surface area contributed by atoms with Crippen LogP contribution in [0.3, 0.4) is 0 Å². The minimum Gasteiger partial charge on any atom is -0.375 e. The van der Waals surface area contributed by atoms with E-state index in [1.165, 1.54) is 18.2 Å². The van der Waals surface area contributed by atoms with E-state index in [1.54, 1.807) is 7.11 Å². The second-order valence-corrected chi connectivity index (χ2v) is 5.32. The van der Waals surface area contributed by atoms with Gasteiger partial charge in [0, 0.05) is 18.1 Å². The number of ether oxygens (including phenoxy) is 1. The van der Waals surface area contributed by atoms with Crippen molar-refractivity contribution in [2.75, 3.05) is 13.7 Å². The molecule has 2 aromatic rings. The number of hydrogen-bond acceptors (Lipinski definition) is 2. The van der Waals surface area contributed by atoms with E-state index in [9.17, 15) is 9.18 Å². The Morgan fingerprint density at radius 3 is 2.67 bits per heavy atom. The summed E-state index contributed by atoms with van der Waals surface area (Å²) in [7, 11) is 1.59. The van der Waals surface area contributed by atoms with Crippen LogP contribution in [-0.2, 0) is 4.74 Å². The van der Waals surface area contributed by atoms with Crippen molar-refractivity contribution in [1.82, 2.24) is 5.32 Å². The van der Waals surface area contributed by atoms with Crippen molar-refractivity contribution < 1.29 is 13.9 Å². The summed E-state index contributed by atoms with van der Waals surface area (Å²) in [5.41, 5.74) is 1.23. The number of carbonyl (C=O) groups excluding carboxylic acids is 1. The van der Waals surface area contributed by atoms with Gasteiger partial charge in [-0.1, -0.05) is 30.3 Å². The summed E-state index contributed by atoms with van der Waals surface area (Å²) in [6.07, 6.45) is -0.248. The molecule has 0 aliphatic heterocycles. The number of hydrogen-bond donors (Lipinski definition) is 1. The predicted octanol–water partition coefficient (Wildman–Crippen LogP) is 3.71. The van der Waals surface area contributed by atoms with Crippen molar-refractivity contribution in [2.24, 2.45) is 0 Å². The fourth-order valence-corrected chi connectivity index (χ4v) is 2.38. The minimum absolute atomic E-state index is 0.248. The second kappa shape index (κ2) is 7.33. The first-order valence-corrected chi connectivity index (χ1v) is 7.22. The summed E-state index contributed by atoms with van der Waals surface area (Å²) < 4.78 is 19.1. The lowest BCUT2D eigenvalue weighted by Gasteiger charge is -2.16. The van der Waals surface area contributed by atoms with Crippen molar-refractivity contribution >= 4 is 21.8 Å². The third-order valence-corrected chi connectivity index (χ3v) is 3.77. The molecule has 2 aromatic carbocycles. The number of amides is 1. The van der Waals surface area contributed by atoms with Crippen LogP contribution in [0, 0.1) is 5.82 Å². The SMILES string of the molecule is COC(CNC(=O)c1cc(F)ccc1Br)c1ccccc1. The topological polar surface area (TPSA) is 38.3 Å². The van der Waals surface area contributed by atoms with Gasteiger partial charge in [-0.2, -0.15) is 0 Å². The Balaban J connectivity index is 2.04. The number of halogens is 2. The molecule has 0 spiro atoms. The Kier molecular flexibility index (Phi) is 5.47. The van der Waals surface area contributed by atoms with Crippen LogP contribution < -0.4 is 5.32 Å². The number of benzene rings is 2. The standard InChI is InChI=1S/C16H15BrFNO2/c1-21-15(11-5-3-2-4-6-11)10-19-16(20)13-9-12(18)7-8-14(13)17/h2-9,15H,10H2,1H3,(H,19,20). The van der Waals surface area contributed by atoms with E-state index >= 15 is 0 Å². The Hall–Kier alpha value is -1.72. The molecule has 110 valence electrons. The smallest absolute Gasteiger partial charge is 0.252 e. The van der Waals surface area contributed by atoms with Gasteiger partial charge in [-0.15, -0.1) is 0 Å². The monoisotopic (exact) mass is 351 g/mol. The molecule has 2 rings (SSSR count). The van der Waals surface area contributed by atoms with Gasteiger partial charge in [0.05, 0.1) is 11.7 Å². The number of rotatable bonds is 5. The van der Waals surface area contributed by atoms with Gasteiger partial charge in [0.15, 0.2) is 0 Å². The van der Waals surface area contributed by atoms with Crippen LogP contribution in [0.4, 0.5) is 4.39 Å². The lowest BCUT2D eigenvalue weighted by Crippen LogP contribution is -2.29. The average molecular weight is 352 g/mol. The molecule has 0 fully saturated rings. The minimum atomic E-state index is -0.449. The number of carbonyl (C=O) groups is 1. The van der Waals surface area contributed by atoms with Crippen LogP contribution in [0.15, 0.2) is 53.0 Å². The van der Waals surface area contributed by atoms with Crippen LogP contribution in [0.1, 0.15) is 22.0 Å². The van der Waals surface area contributed by atoms with Crippen molar-refractivity contribution in [3.05, 3.63) is 69.9 Å². The normalized spacial score (nSPS) is 12.0. The Bertz CT molecular complexity index is 619. The highest BCUT2D eigenvalue weighted by atomic mass is 79.9. The van der Waals surface area contributed by atoms with E-state index in [0.29, 0.717) is 11.0 Å². The van der Waals surface area contributed by atoms with E-state index in [4.69, 9.17) is 4.74 Å². The molecule has 0 aliphatic rings. The van der Waals surface area contributed by atoms with Gasteiger partial charge in [-0.05, 0) is 39.7 Å². The molecule has 0 bridgehead atoms. The lowest BCUT2D eigenvalue weighted by atomic mass is 10.1. The van der Waals surface area contributed by atoms with E-state index in [1.807, 2.05) is 30.3 Å². The summed E-state index contributed by atoms with van der Waals surface area (Å²) in [6.45, 7) is 0.308. The maximum Gasteiger partial charge on any atom is 0.252 e. The predicted molar refractivity (Wildman–Crippen MR) is 82.6 cm³/mol. The van der Waals surface area contributed by atoms with E-state index in [-0.39, 0.29) is 17.6 Å². The van der Waals surface area contributed by atoms with Crippen molar-refractivity contribution in [1.29, 1.82) is 0 Å². The highest BCUT2D eigenvalue weighted by molar-refractivity contribution is 9.10. The Morgan fingerprint density at radius 1 is 1.29 bits per heavy atom. The first kappa shape index (κ1) is 15.7. The molecule has 0 aliphatic carbocycles. The molecule has 5 heteroatoms. The molecule has 1 N–H and O–H groups in total. The van der Waals surface area contributed by atoms with Gasteiger partial charge in [0.1, 0.15) is 5.82 Å². The maximum absolute atomic E-state index is 13.2. The quantitative estimate of drug-likeness (QED) is 0.891. The summed E-state index contributed by atoms with van der Waals surface area (Å²) >= 11 is 3.24. The Morgan fingerprint density at radius 2 is 2.00 bits per heavy atom. The van der Waals surface area contributed by atoms with E-state index in [0.717, 1.165) is 5.56 Å². The summed E-state index contributed by atoms with van der Waals surface area (Å²) in [5.74, 6) is -0.797. The van der Waals surface area contributed by atoms with E-state index < -0.39 is 5.82 Å². The molecule has 0 saturated carbocycles. The number of nitrogens with one attached hydrogen (secondary N) is 1. The summed E-state index contributed by atoms with van der Waals surface area (Å²) in [6, 6.07) is 13.6. The molecular formula is C16H15BrFNO2.